The van der Waals surface area contributed by atoms with Gasteiger partial charge in [0.1, 0.15) is 5.75 Å². The maximum absolute atomic E-state index is 5.38. The summed E-state index contributed by atoms with van der Waals surface area (Å²) in [5, 5.41) is 6.50. The summed E-state index contributed by atoms with van der Waals surface area (Å²) in [5.41, 5.74) is 1.06. The summed E-state index contributed by atoms with van der Waals surface area (Å²) in [6.45, 7) is 2.71. The number of benzene rings is 1. The third-order valence-electron chi connectivity index (χ3n) is 2.88. The molecule has 0 saturated carbocycles. The first kappa shape index (κ1) is 15.6. The molecule has 0 heterocycles. The van der Waals surface area contributed by atoms with E-state index >= 15 is 0 Å². The number of methoxy groups -OCH3 is 3. The maximum Gasteiger partial charge on any atom is 0.164 e. The Kier molecular flexibility index (Phi) is 7.07. The molecule has 0 atom stereocenters. The van der Waals surface area contributed by atoms with Gasteiger partial charge in [0, 0.05) is 18.2 Å². The molecule has 1 rings (SSSR count). The van der Waals surface area contributed by atoms with Crippen molar-refractivity contribution in [2.45, 2.75) is 13.0 Å². The SMILES string of the molecule is CNCCCNCc1cc(OC)c(OC)cc1OC. The van der Waals surface area contributed by atoms with Crippen LogP contribution in [0.25, 0.3) is 0 Å². The van der Waals surface area contributed by atoms with Crippen LogP contribution >= 0.6 is 0 Å². The van der Waals surface area contributed by atoms with Crippen molar-refractivity contribution < 1.29 is 14.2 Å². The van der Waals surface area contributed by atoms with E-state index in [-0.39, 0.29) is 0 Å². The van der Waals surface area contributed by atoms with Gasteiger partial charge in [-0.25, -0.2) is 0 Å². The van der Waals surface area contributed by atoms with E-state index in [0.29, 0.717) is 5.75 Å². The van der Waals surface area contributed by atoms with E-state index in [9.17, 15) is 0 Å². The van der Waals surface area contributed by atoms with Crippen LogP contribution in [0.2, 0.25) is 0 Å². The highest BCUT2D eigenvalue weighted by atomic mass is 16.5. The number of rotatable bonds is 9. The van der Waals surface area contributed by atoms with Crippen LogP contribution in [-0.4, -0.2) is 41.5 Å². The molecule has 0 bridgehead atoms. The molecule has 0 fully saturated rings. The fourth-order valence-corrected chi connectivity index (χ4v) is 1.84. The molecule has 0 spiro atoms. The second-order valence-electron chi connectivity index (χ2n) is 4.15. The molecule has 2 N–H and O–H groups in total. The molecule has 1 aromatic carbocycles. The van der Waals surface area contributed by atoms with Gasteiger partial charge in [-0.15, -0.1) is 0 Å². The lowest BCUT2D eigenvalue weighted by atomic mass is 10.1. The minimum atomic E-state index is 0.679. The van der Waals surface area contributed by atoms with E-state index < -0.39 is 0 Å². The summed E-state index contributed by atoms with van der Waals surface area (Å²) in [5.74, 6) is 2.20. The Balaban J connectivity index is 2.70. The molecule has 108 valence electrons. The van der Waals surface area contributed by atoms with Crippen LogP contribution in [0.1, 0.15) is 12.0 Å². The third kappa shape index (κ3) is 4.61. The smallest absolute Gasteiger partial charge is 0.164 e. The first-order chi connectivity index (χ1) is 9.26. The van der Waals surface area contributed by atoms with Crippen molar-refractivity contribution in [2.24, 2.45) is 0 Å². The van der Waals surface area contributed by atoms with Gasteiger partial charge in [0.2, 0.25) is 0 Å². The average molecular weight is 268 g/mol. The minimum absolute atomic E-state index is 0.679. The van der Waals surface area contributed by atoms with Gasteiger partial charge in [-0.2, -0.15) is 0 Å². The molecule has 0 aliphatic carbocycles. The van der Waals surface area contributed by atoms with Crippen molar-refractivity contribution in [1.29, 1.82) is 0 Å². The molecule has 1 aromatic rings. The van der Waals surface area contributed by atoms with E-state index in [1.54, 1.807) is 21.3 Å². The van der Waals surface area contributed by atoms with Crippen molar-refractivity contribution in [3.63, 3.8) is 0 Å². The van der Waals surface area contributed by atoms with E-state index in [0.717, 1.165) is 43.1 Å². The van der Waals surface area contributed by atoms with Crippen molar-refractivity contribution in [3.05, 3.63) is 17.7 Å². The molecule has 0 unspecified atom stereocenters. The molecular weight excluding hydrogens is 244 g/mol. The summed E-state index contributed by atoms with van der Waals surface area (Å²) in [6, 6.07) is 3.80. The van der Waals surface area contributed by atoms with Crippen LogP contribution in [-0.2, 0) is 6.54 Å². The number of hydrogen-bond acceptors (Lipinski definition) is 5. The molecule has 0 aliphatic heterocycles. The highest BCUT2D eigenvalue weighted by Gasteiger charge is 2.11. The molecule has 5 heteroatoms. The molecular formula is C14H24N2O3. The summed E-state index contributed by atoms with van der Waals surface area (Å²) in [4.78, 5) is 0. The fourth-order valence-electron chi connectivity index (χ4n) is 1.84. The van der Waals surface area contributed by atoms with Crippen LogP contribution in [0.3, 0.4) is 0 Å². The van der Waals surface area contributed by atoms with Crippen LogP contribution in [0, 0.1) is 0 Å². The minimum Gasteiger partial charge on any atom is -0.496 e. The van der Waals surface area contributed by atoms with E-state index in [2.05, 4.69) is 10.6 Å². The van der Waals surface area contributed by atoms with Crippen molar-refractivity contribution >= 4 is 0 Å². The van der Waals surface area contributed by atoms with Gasteiger partial charge in [0.25, 0.3) is 0 Å². The number of ether oxygens (including phenoxy) is 3. The largest absolute Gasteiger partial charge is 0.496 e. The van der Waals surface area contributed by atoms with Gasteiger partial charge in [-0.05, 0) is 32.6 Å². The Morgan fingerprint density at radius 3 is 2.11 bits per heavy atom. The fraction of sp³-hybridized carbons (Fsp3) is 0.571. The first-order valence-electron chi connectivity index (χ1n) is 6.41. The number of hydrogen-bond donors (Lipinski definition) is 2. The predicted molar refractivity (Wildman–Crippen MR) is 76.3 cm³/mol. The Bertz CT molecular complexity index is 383. The lowest BCUT2D eigenvalue weighted by Crippen LogP contribution is -2.19. The Labute approximate surface area is 115 Å². The second kappa shape index (κ2) is 8.61. The summed E-state index contributed by atoms with van der Waals surface area (Å²) < 4.78 is 15.9. The van der Waals surface area contributed by atoms with Gasteiger partial charge < -0.3 is 24.8 Å². The summed E-state index contributed by atoms with van der Waals surface area (Å²) in [6.07, 6.45) is 1.09. The Morgan fingerprint density at radius 2 is 1.53 bits per heavy atom. The zero-order valence-corrected chi connectivity index (χ0v) is 12.2. The second-order valence-corrected chi connectivity index (χ2v) is 4.15. The van der Waals surface area contributed by atoms with E-state index in [4.69, 9.17) is 14.2 Å². The third-order valence-corrected chi connectivity index (χ3v) is 2.88. The summed E-state index contributed by atoms with van der Waals surface area (Å²) >= 11 is 0. The van der Waals surface area contributed by atoms with Gasteiger partial charge in [0.15, 0.2) is 11.5 Å². The van der Waals surface area contributed by atoms with Gasteiger partial charge in [-0.1, -0.05) is 0 Å². The zero-order chi connectivity index (χ0) is 14.1. The van der Waals surface area contributed by atoms with Crippen molar-refractivity contribution in [3.8, 4) is 17.2 Å². The first-order valence-corrected chi connectivity index (χ1v) is 6.41. The summed E-state index contributed by atoms with van der Waals surface area (Å²) in [7, 11) is 6.87. The van der Waals surface area contributed by atoms with E-state index in [1.807, 2.05) is 19.2 Å². The highest BCUT2D eigenvalue weighted by Crippen LogP contribution is 2.34. The predicted octanol–water partition coefficient (Wildman–Crippen LogP) is 1.41. The van der Waals surface area contributed by atoms with Gasteiger partial charge in [-0.3, -0.25) is 0 Å². The van der Waals surface area contributed by atoms with Crippen LogP contribution in [0.5, 0.6) is 17.2 Å². The van der Waals surface area contributed by atoms with Crippen LogP contribution in [0.4, 0.5) is 0 Å². The monoisotopic (exact) mass is 268 g/mol. The zero-order valence-electron chi connectivity index (χ0n) is 12.2. The van der Waals surface area contributed by atoms with Gasteiger partial charge >= 0.3 is 0 Å². The normalized spacial score (nSPS) is 10.3. The molecule has 5 nitrogen and oxygen atoms in total. The van der Waals surface area contributed by atoms with Crippen molar-refractivity contribution in [1.82, 2.24) is 10.6 Å². The highest BCUT2D eigenvalue weighted by molar-refractivity contribution is 5.50. The molecule has 0 aliphatic rings. The molecule has 19 heavy (non-hydrogen) atoms. The van der Waals surface area contributed by atoms with E-state index in [1.165, 1.54) is 0 Å². The molecule has 0 saturated heterocycles. The van der Waals surface area contributed by atoms with Gasteiger partial charge in [0.05, 0.1) is 21.3 Å². The van der Waals surface area contributed by atoms with Crippen LogP contribution in [0.15, 0.2) is 12.1 Å². The average Bonchev–Trinajstić information content (AvgIpc) is 2.46. The standard InChI is InChI=1S/C14H24N2O3/c1-15-6-5-7-16-10-11-8-13(18-3)14(19-4)9-12(11)17-2/h8-9,15-16H,5-7,10H2,1-4H3. The topological polar surface area (TPSA) is 51.8 Å². The molecule has 0 aromatic heterocycles. The Morgan fingerprint density at radius 1 is 0.895 bits per heavy atom. The lowest BCUT2D eigenvalue weighted by Gasteiger charge is -2.14. The maximum atomic E-state index is 5.38. The molecule has 0 amide bonds. The quantitative estimate of drug-likeness (QED) is 0.663. The lowest BCUT2D eigenvalue weighted by molar-refractivity contribution is 0.347. The number of nitrogens with one attached hydrogen (secondary N) is 2. The van der Waals surface area contributed by atoms with Crippen LogP contribution < -0.4 is 24.8 Å². The van der Waals surface area contributed by atoms with Crippen molar-refractivity contribution in [2.75, 3.05) is 41.5 Å². The Hall–Kier alpha value is -1.46. The molecule has 0 radical (unpaired) electrons.